The van der Waals surface area contributed by atoms with Gasteiger partial charge in [-0.05, 0) is 74.5 Å². The minimum absolute atomic E-state index is 0.0168. The number of nitrogens with one attached hydrogen (secondary N) is 1. The lowest BCUT2D eigenvalue weighted by Crippen LogP contribution is -2.50. The molecule has 5 aliphatic rings. The number of thioether (sulfide) groups is 1. The molecule has 1 saturated heterocycles. The number of hydrogen-bond donors (Lipinski definition) is 1. The largest absolute Gasteiger partial charge is 0.350 e. The fraction of sp³-hybridized carbons (Fsp3) is 0.636. The Kier molecular flexibility index (Phi) is 5.28. The van der Waals surface area contributed by atoms with Crippen LogP contribution in [-0.2, 0) is 4.79 Å². The van der Waals surface area contributed by atoms with Crippen molar-refractivity contribution in [2.75, 3.05) is 18.1 Å². The average Bonchev–Trinajstić information content (AvgIpc) is 2.92. The maximum absolute atomic E-state index is 12.6. The van der Waals surface area contributed by atoms with Crippen LogP contribution in [0.25, 0.3) is 0 Å². The van der Waals surface area contributed by atoms with Crippen LogP contribution in [0.1, 0.15) is 44.9 Å². The molecule has 1 N–H and O–H groups in total. The van der Waals surface area contributed by atoms with Crippen LogP contribution in [0.5, 0.6) is 0 Å². The van der Waals surface area contributed by atoms with Gasteiger partial charge in [0.2, 0.25) is 5.91 Å². The number of anilines is 1. The monoisotopic (exact) mass is 451 g/mol. The summed E-state index contributed by atoms with van der Waals surface area (Å²) >= 11 is 13.9. The second kappa shape index (κ2) is 7.65. The van der Waals surface area contributed by atoms with Crippen molar-refractivity contribution in [1.82, 2.24) is 4.90 Å². The number of amides is 1. The summed E-state index contributed by atoms with van der Waals surface area (Å²) in [6.45, 7) is 0. The first-order valence-electron chi connectivity index (χ1n) is 10.6. The molecule has 1 atom stereocenters. The first kappa shape index (κ1) is 20.0. The van der Waals surface area contributed by atoms with Gasteiger partial charge >= 0.3 is 0 Å². The summed E-state index contributed by atoms with van der Waals surface area (Å²) in [6.07, 6.45) is 8.57. The molecule has 1 amide bonds. The minimum atomic E-state index is -0.0168. The number of amidine groups is 1. The van der Waals surface area contributed by atoms with Gasteiger partial charge in [-0.15, -0.1) is 0 Å². The smallest absolute Gasteiger partial charge is 0.226 e. The normalized spacial score (nSPS) is 36.8. The SMILES string of the molecule is CN1C(=NC23CC4CC(CC(C4)C2)C3)SCC1CC(=O)Nc1cc(Cl)cc(Cl)c1. The second-order valence-corrected chi connectivity index (χ2v) is 11.4. The number of carbonyl (C=O) groups excluding carboxylic acids is 1. The highest BCUT2D eigenvalue weighted by molar-refractivity contribution is 8.14. The van der Waals surface area contributed by atoms with Crippen LogP contribution in [0.3, 0.4) is 0 Å². The quantitative estimate of drug-likeness (QED) is 0.638. The Hall–Kier alpha value is -0.910. The molecule has 4 aliphatic carbocycles. The van der Waals surface area contributed by atoms with Crippen molar-refractivity contribution in [3.63, 3.8) is 0 Å². The number of hydrogen-bond acceptors (Lipinski definition) is 3. The lowest BCUT2D eigenvalue weighted by atomic mass is 9.53. The molecule has 156 valence electrons. The molecule has 29 heavy (non-hydrogen) atoms. The Labute approximate surface area is 186 Å². The molecule has 4 nitrogen and oxygen atoms in total. The van der Waals surface area contributed by atoms with Crippen molar-refractivity contribution in [3.05, 3.63) is 28.2 Å². The summed E-state index contributed by atoms with van der Waals surface area (Å²) in [4.78, 5) is 20.2. The van der Waals surface area contributed by atoms with Gasteiger partial charge in [-0.3, -0.25) is 9.79 Å². The number of benzene rings is 1. The van der Waals surface area contributed by atoms with Crippen molar-refractivity contribution in [2.45, 2.75) is 56.5 Å². The molecular formula is C22H27Cl2N3OS. The van der Waals surface area contributed by atoms with Crippen LogP contribution in [0.15, 0.2) is 23.2 Å². The number of carbonyl (C=O) groups is 1. The van der Waals surface area contributed by atoms with Gasteiger partial charge in [0.05, 0.1) is 5.54 Å². The topological polar surface area (TPSA) is 44.7 Å². The predicted octanol–water partition coefficient (Wildman–Crippen LogP) is 5.69. The van der Waals surface area contributed by atoms with Gasteiger partial charge in [-0.1, -0.05) is 35.0 Å². The summed E-state index contributed by atoms with van der Waals surface area (Å²) in [5, 5.41) is 5.10. The van der Waals surface area contributed by atoms with E-state index in [1.807, 2.05) is 11.8 Å². The van der Waals surface area contributed by atoms with Gasteiger partial charge < -0.3 is 10.2 Å². The molecule has 0 radical (unpaired) electrons. The zero-order valence-corrected chi connectivity index (χ0v) is 19.0. The lowest BCUT2D eigenvalue weighted by Gasteiger charge is -2.55. The fourth-order valence-corrected chi connectivity index (χ4v) is 8.12. The van der Waals surface area contributed by atoms with Crippen molar-refractivity contribution < 1.29 is 4.79 Å². The molecule has 0 aromatic heterocycles. The lowest BCUT2D eigenvalue weighted by molar-refractivity contribution is -0.116. The van der Waals surface area contributed by atoms with Crippen LogP contribution in [0.2, 0.25) is 10.0 Å². The molecule has 6 rings (SSSR count). The van der Waals surface area contributed by atoms with Crippen LogP contribution in [0, 0.1) is 17.8 Å². The molecule has 7 heteroatoms. The maximum atomic E-state index is 12.6. The molecule has 5 fully saturated rings. The van der Waals surface area contributed by atoms with E-state index < -0.39 is 0 Å². The van der Waals surface area contributed by atoms with Gasteiger partial charge in [0.25, 0.3) is 0 Å². The summed E-state index contributed by atoms with van der Waals surface area (Å²) < 4.78 is 0. The van der Waals surface area contributed by atoms with E-state index in [1.54, 1.807) is 18.2 Å². The van der Waals surface area contributed by atoms with E-state index in [4.69, 9.17) is 28.2 Å². The average molecular weight is 452 g/mol. The Morgan fingerprint density at radius 3 is 2.31 bits per heavy atom. The molecule has 1 aromatic rings. The first-order chi connectivity index (χ1) is 13.9. The van der Waals surface area contributed by atoms with Crippen LogP contribution >= 0.6 is 35.0 Å². The molecule has 4 bridgehead atoms. The van der Waals surface area contributed by atoms with E-state index in [0.717, 1.165) is 28.7 Å². The Morgan fingerprint density at radius 2 is 1.72 bits per heavy atom. The highest BCUT2D eigenvalue weighted by Gasteiger charge is 2.51. The highest BCUT2D eigenvalue weighted by Crippen LogP contribution is 2.57. The van der Waals surface area contributed by atoms with Gasteiger partial charge in [-0.25, -0.2) is 0 Å². The maximum Gasteiger partial charge on any atom is 0.226 e. The third-order valence-corrected chi connectivity index (χ3v) is 8.79. The molecule has 1 heterocycles. The summed E-state index contributed by atoms with van der Waals surface area (Å²) in [7, 11) is 2.09. The number of aliphatic imine (C=N–C) groups is 1. The van der Waals surface area contributed by atoms with Crippen LogP contribution in [0.4, 0.5) is 5.69 Å². The molecular weight excluding hydrogens is 425 g/mol. The minimum Gasteiger partial charge on any atom is -0.350 e. The number of rotatable bonds is 4. The van der Waals surface area contributed by atoms with Gasteiger partial charge in [0.15, 0.2) is 5.17 Å². The number of halogens is 2. The summed E-state index contributed by atoms with van der Waals surface area (Å²) in [6, 6.07) is 5.27. The van der Waals surface area contributed by atoms with E-state index in [1.165, 1.54) is 38.5 Å². The standard InChI is InChI=1S/C22H27Cl2N3OS/c1-27-19(8-20(28)25-18-6-16(23)5-17(24)7-18)12-29-21(27)26-22-9-13-2-14(10-22)4-15(3-13)11-22/h5-7,13-15,19H,2-4,8-12H2,1H3,(H,25,28). The van der Waals surface area contributed by atoms with E-state index >= 15 is 0 Å². The Balaban J connectivity index is 1.24. The van der Waals surface area contributed by atoms with Gasteiger partial charge in [0, 0.05) is 41.0 Å². The number of nitrogens with zero attached hydrogens (tertiary/aromatic N) is 2. The third-order valence-electron chi connectivity index (χ3n) is 7.16. The molecule has 1 aliphatic heterocycles. The molecule has 1 aromatic carbocycles. The zero-order valence-electron chi connectivity index (χ0n) is 16.7. The Bertz CT molecular complexity index is 803. The van der Waals surface area contributed by atoms with E-state index in [0.29, 0.717) is 22.2 Å². The van der Waals surface area contributed by atoms with E-state index in [-0.39, 0.29) is 17.5 Å². The third kappa shape index (κ3) is 4.15. The van der Waals surface area contributed by atoms with Crippen molar-refractivity contribution in [3.8, 4) is 0 Å². The van der Waals surface area contributed by atoms with E-state index in [2.05, 4.69) is 17.3 Å². The predicted molar refractivity (Wildman–Crippen MR) is 122 cm³/mol. The summed E-state index contributed by atoms with van der Waals surface area (Å²) in [5.41, 5.74) is 0.822. The second-order valence-electron chi connectivity index (χ2n) is 9.52. The van der Waals surface area contributed by atoms with Crippen LogP contribution < -0.4 is 5.32 Å². The van der Waals surface area contributed by atoms with Crippen molar-refractivity contribution >= 4 is 51.7 Å². The first-order valence-corrected chi connectivity index (χ1v) is 12.3. The van der Waals surface area contributed by atoms with Gasteiger partial charge in [-0.2, -0.15) is 0 Å². The molecule has 1 unspecified atom stereocenters. The summed E-state index contributed by atoms with van der Waals surface area (Å²) in [5.74, 6) is 3.58. The zero-order chi connectivity index (χ0) is 20.2. The van der Waals surface area contributed by atoms with Crippen molar-refractivity contribution in [2.24, 2.45) is 22.7 Å². The van der Waals surface area contributed by atoms with Crippen molar-refractivity contribution in [1.29, 1.82) is 0 Å². The fourth-order valence-electron chi connectivity index (χ4n) is 6.30. The molecule has 0 spiro atoms. The highest BCUT2D eigenvalue weighted by atomic mass is 35.5. The van der Waals surface area contributed by atoms with E-state index in [9.17, 15) is 4.79 Å². The van der Waals surface area contributed by atoms with Crippen LogP contribution in [-0.4, -0.2) is 40.4 Å². The Morgan fingerprint density at radius 1 is 1.14 bits per heavy atom. The van der Waals surface area contributed by atoms with Gasteiger partial charge in [0.1, 0.15) is 0 Å². The molecule has 4 saturated carbocycles.